The number of rotatable bonds is 1. The van der Waals surface area contributed by atoms with Crippen molar-refractivity contribution in [3.63, 3.8) is 0 Å². The predicted molar refractivity (Wildman–Crippen MR) is 69.5 cm³/mol. The molecule has 0 spiro atoms. The summed E-state index contributed by atoms with van der Waals surface area (Å²) in [6.07, 6.45) is 2.18. The van der Waals surface area contributed by atoms with Crippen LogP contribution in [-0.2, 0) is 9.47 Å². The Labute approximate surface area is 110 Å². The van der Waals surface area contributed by atoms with Crippen molar-refractivity contribution in [2.75, 3.05) is 13.2 Å². The number of piperidine rings is 1. The highest BCUT2D eigenvalue weighted by Gasteiger charge is 2.45. The van der Waals surface area contributed by atoms with Crippen LogP contribution < -0.4 is 0 Å². The van der Waals surface area contributed by atoms with Crippen molar-refractivity contribution in [3.8, 4) is 0 Å². The third-order valence-corrected chi connectivity index (χ3v) is 3.53. The summed E-state index contributed by atoms with van der Waals surface area (Å²) in [7, 11) is 0. The summed E-state index contributed by atoms with van der Waals surface area (Å²) >= 11 is 0. The molecule has 0 N–H and O–H groups in total. The van der Waals surface area contributed by atoms with E-state index in [-0.39, 0.29) is 23.7 Å². The van der Waals surface area contributed by atoms with Crippen LogP contribution in [0.5, 0.6) is 0 Å². The fourth-order valence-corrected chi connectivity index (χ4v) is 2.54. The second kappa shape index (κ2) is 4.41. The van der Waals surface area contributed by atoms with Crippen molar-refractivity contribution in [2.45, 2.75) is 65.2 Å². The van der Waals surface area contributed by atoms with E-state index in [1.54, 1.807) is 0 Å². The third-order valence-electron chi connectivity index (χ3n) is 3.53. The van der Waals surface area contributed by atoms with Crippen LogP contribution in [-0.4, -0.2) is 41.9 Å². The van der Waals surface area contributed by atoms with Crippen molar-refractivity contribution in [1.29, 1.82) is 0 Å². The highest BCUT2D eigenvalue weighted by atomic mass is 16.6. The van der Waals surface area contributed by atoms with Crippen molar-refractivity contribution < 1.29 is 14.3 Å². The molecule has 4 nitrogen and oxygen atoms in total. The van der Waals surface area contributed by atoms with Gasteiger partial charge in [0.1, 0.15) is 11.7 Å². The number of ether oxygens (including phenoxy) is 2. The normalized spacial score (nSPS) is 31.1. The van der Waals surface area contributed by atoms with Crippen molar-refractivity contribution in [3.05, 3.63) is 0 Å². The molecule has 18 heavy (non-hydrogen) atoms. The van der Waals surface area contributed by atoms with Crippen LogP contribution in [0, 0.1) is 5.41 Å². The van der Waals surface area contributed by atoms with Gasteiger partial charge in [-0.2, -0.15) is 0 Å². The van der Waals surface area contributed by atoms with Crippen molar-refractivity contribution >= 4 is 6.09 Å². The van der Waals surface area contributed by atoms with Gasteiger partial charge in [0, 0.05) is 6.54 Å². The molecule has 2 heterocycles. The van der Waals surface area contributed by atoms with Crippen LogP contribution in [0.25, 0.3) is 0 Å². The molecule has 0 aromatic heterocycles. The first kappa shape index (κ1) is 13.7. The number of likely N-dealkylation sites (tertiary alicyclic amines) is 1. The van der Waals surface area contributed by atoms with E-state index in [0.29, 0.717) is 0 Å². The standard InChI is InChI=1S/C14H25NO3/c1-13(2,3)18-12(16)15-9-14(4,5)7-6-10(15)11-8-17-11/h10-11H,6-9H2,1-5H3/t10?,11-/m1/s1. The number of nitrogens with zero attached hydrogens (tertiary/aromatic N) is 1. The van der Waals surface area contributed by atoms with Gasteiger partial charge in [-0.25, -0.2) is 4.79 Å². The van der Waals surface area contributed by atoms with Gasteiger partial charge < -0.3 is 14.4 Å². The number of carbonyl (C=O) groups excluding carboxylic acids is 1. The van der Waals surface area contributed by atoms with E-state index < -0.39 is 5.60 Å². The fourth-order valence-electron chi connectivity index (χ4n) is 2.54. The minimum absolute atomic E-state index is 0.169. The van der Waals surface area contributed by atoms with Gasteiger partial charge >= 0.3 is 6.09 Å². The van der Waals surface area contributed by atoms with Gasteiger partial charge in [-0.05, 0) is 39.0 Å². The Morgan fingerprint density at radius 1 is 1.39 bits per heavy atom. The molecule has 0 aromatic carbocycles. The van der Waals surface area contributed by atoms with E-state index in [1.165, 1.54) is 0 Å². The highest BCUT2D eigenvalue weighted by molar-refractivity contribution is 5.69. The molecule has 2 atom stereocenters. The summed E-state index contributed by atoms with van der Waals surface area (Å²) in [6.45, 7) is 11.7. The van der Waals surface area contributed by atoms with Gasteiger partial charge in [-0.15, -0.1) is 0 Å². The zero-order valence-corrected chi connectivity index (χ0v) is 12.2. The molecule has 0 saturated carbocycles. The molecule has 0 radical (unpaired) electrons. The number of carbonyl (C=O) groups is 1. The minimum atomic E-state index is -0.437. The Hall–Kier alpha value is -0.770. The Morgan fingerprint density at radius 2 is 2.00 bits per heavy atom. The molecular formula is C14H25NO3. The minimum Gasteiger partial charge on any atom is -0.444 e. The summed E-state index contributed by atoms with van der Waals surface area (Å²) in [4.78, 5) is 14.2. The molecule has 1 unspecified atom stereocenters. The topological polar surface area (TPSA) is 42.1 Å². The van der Waals surface area contributed by atoms with E-state index in [0.717, 1.165) is 26.0 Å². The number of epoxide rings is 1. The Kier molecular flexibility index (Phi) is 3.34. The van der Waals surface area contributed by atoms with Crippen molar-refractivity contribution in [1.82, 2.24) is 4.90 Å². The number of hydrogen-bond acceptors (Lipinski definition) is 3. The summed E-state index contributed by atoms with van der Waals surface area (Å²) in [5, 5.41) is 0. The molecule has 2 aliphatic heterocycles. The first-order valence-corrected chi connectivity index (χ1v) is 6.79. The smallest absolute Gasteiger partial charge is 0.410 e. The lowest BCUT2D eigenvalue weighted by molar-refractivity contribution is -0.0119. The molecular weight excluding hydrogens is 230 g/mol. The summed E-state index contributed by atoms with van der Waals surface area (Å²) < 4.78 is 10.9. The highest BCUT2D eigenvalue weighted by Crippen LogP contribution is 2.37. The van der Waals surface area contributed by atoms with Crippen LogP contribution >= 0.6 is 0 Å². The average Bonchev–Trinajstić information content (AvgIpc) is 2.97. The molecule has 0 aromatic rings. The van der Waals surface area contributed by atoms with E-state index in [2.05, 4.69) is 13.8 Å². The molecule has 2 aliphatic rings. The SMILES string of the molecule is CC1(C)CCC([C@H]2CO2)N(C(=O)OC(C)(C)C)C1. The summed E-state index contributed by atoms with van der Waals surface area (Å²) in [5.41, 5.74) is -0.268. The monoisotopic (exact) mass is 255 g/mol. The fraction of sp³-hybridized carbons (Fsp3) is 0.929. The largest absolute Gasteiger partial charge is 0.444 e. The Bertz CT molecular complexity index is 328. The van der Waals surface area contributed by atoms with Gasteiger partial charge in [0.05, 0.1) is 12.6 Å². The van der Waals surface area contributed by atoms with E-state index in [9.17, 15) is 4.79 Å². The molecule has 2 saturated heterocycles. The maximum atomic E-state index is 12.3. The summed E-state index contributed by atoms with van der Waals surface area (Å²) in [6, 6.07) is 0.202. The van der Waals surface area contributed by atoms with Crippen LogP contribution in [0.3, 0.4) is 0 Å². The van der Waals surface area contributed by atoms with Gasteiger partial charge in [-0.1, -0.05) is 13.8 Å². The van der Waals surface area contributed by atoms with Crippen LogP contribution in [0.1, 0.15) is 47.5 Å². The Balaban J connectivity index is 2.07. The molecule has 104 valence electrons. The Morgan fingerprint density at radius 3 is 2.50 bits per heavy atom. The second-order valence-electron chi connectivity index (χ2n) is 7.25. The first-order valence-electron chi connectivity index (χ1n) is 6.79. The van der Waals surface area contributed by atoms with Crippen LogP contribution in [0.15, 0.2) is 0 Å². The molecule has 4 heteroatoms. The van der Waals surface area contributed by atoms with Gasteiger partial charge in [0.25, 0.3) is 0 Å². The van der Waals surface area contributed by atoms with E-state index in [1.807, 2.05) is 25.7 Å². The number of amides is 1. The molecule has 2 fully saturated rings. The molecule has 2 rings (SSSR count). The first-order chi connectivity index (χ1) is 8.18. The maximum Gasteiger partial charge on any atom is 0.410 e. The number of hydrogen-bond donors (Lipinski definition) is 0. The third kappa shape index (κ3) is 3.37. The van der Waals surface area contributed by atoms with Gasteiger partial charge in [-0.3, -0.25) is 0 Å². The van der Waals surface area contributed by atoms with Crippen molar-refractivity contribution in [2.24, 2.45) is 5.41 Å². The molecule has 0 bridgehead atoms. The lowest BCUT2D eigenvalue weighted by Gasteiger charge is -2.43. The zero-order chi connectivity index (χ0) is 13.6. The molecule has 1 amide bonds. The second-order valence-corrected chi connectivity index (χ2v) is 7.25. The van der Waals surface area contributed by atoms with Gasteiger partial charge in [0.2, 0.25) is 0 Å². The average molecular weight is 255 g/mol. The quantitative estimate of drug-likeness (QED) is 0.677. The van der Waals surface area contributed by atoms with Crippen LogP contribution in [0.2, 0.25) is 0 Å². The van der Waals surface area contributed by atoms with Gasteiger partial charge in [0.15, 0.2) is 0 Å². The van der Waals surface area contributed by atoms with Crippen LogP contribution in [0.4, 0.5) is 4.79 Å². The van der Waals surface area contributed by atoms with E-state index in [4.69, 9.17) is 9.47 Å². The lowest BCUT2D eigenvalue weighted by Crippen LogP contribution is -2.53. The zero-order valence-electron chi connectivity index (χ0n) is 12.2. The molecule has 0 aliphatic carbocycles. The van der Waals surface area contributed by atoms with E-state index >= 15 is 0 Å². The predicted octanol–water partition coefficient (Wildman–Crippen LogP) is 2.81. The lowest BCUT2D eigenvalue weighted by atomic mass is 9.81. The summed E-state index contributed by atoms with van der Waals surface area (Å²) in [5.74, 6) is 0. The maximum absolute atomic E-state index is 12.3.